The van der Waals surface area contributed by atoms with Crippen molar-refractivity contribution in [2.45, 2.75) is 19.4 Å². The van der Waals surface area contributed by atoms with E-state index in [0.29, 0.717) is 12.2 Å². The molecular formula is C13H13ClN2O3. The number of anilines is 1. The second kappa shape index (κ2) is 5.75. The number of carboxylic acid groups (broad SMARTS) is 1. The quantitative estimate of drug-likeness (QED) is 0.880. The highest BCUT2D eigenvalue weighted by molar-refractivity contribution is 6.33. The van der Waals surface area contributed by atoms with E-state index in [-0.39, 0.29) is 16.6 Å². The Morgan fingerprint density at radius 2 is 2.42 bits per heavy atom. The van der Waals surface area contributed by atoms with Crippen LogP contribution in [0.3, 0.4) is 0 Å². The Labute approximate surface area is 115 Å². The van der Waals surface area contributed by atoms with Crippen LogP contribution >= 0.6 is 11.6 Å². The van der Waals surface area contributed by atoms with Crippen LogP contribution < -0.4 is 5.32 Å². The smallest absolute Gasteiger partial charge is 0.337 e. The van der Waals surface area contributed by atoms with Crippen LogP contribution in [0.5, 0.6) is 0 Å². The van der Waals surface area contributed by atoms with Gasteiger partial charge in [0.15, 0.2) is 0 Å². The fraction of sp³-hybridized carbons (Fsp3) is 0.231. The molecule has 2 heterocycles. The van der Waals surface area contributed by atoms with Crippen molar-refractivity contribution in [2.24, 2.45) is 0 Å². The summed E-state index contributed by atoms with van der Waals surface area (Å²) in [4.78, 5) is 15.0. The highest BCUT2D eigenvalue weighted by atomic mass is 35.5. The number of aromatic nitrogens is 1. The van der Waals surface area contributed by atoms with E-state index in [9.17, 15) is 4.79 Å². The Bertz CT molecular complexity index is 569. The van der Waals surface area contributed by atoms with Crippen molar-refractivity contribution >= 4 is 23.4 Å². The van der Waals surface area contributed by atoms with Gasteiger partial charge in [-0.3, -0.25) is 0 Å². The second-order valence-electron chi connectivity index (χ2n) is 4.18. The maximum Gasteiger partial charge on any atom is 0.337 e. The van der Waals surface area contributed by atoms with Crippen LogP contribution in [0.1, 0.15) is 23.0 Å². The van der Waals surface area contributed by atoms with Gasteiger partial charge in [0, 0.05) is 18.7 Å². The zero-order valence-electron chi connectivity index (χ0n) is 10.3. The molecule has 0 bridgehead atoms. The van der Waals surface area contributed by atoms with E-state index in [4.69, 9.17) is 21.1 Å². The lowest BCUT2D eigenvalue weighted by Crippen LogP contribution is -2.19. The maximum absolute atomic E-state index is 11.0. The van der Waals surface area contributed by atoms with Crippen LogP contribution in [0.4, 0.5) is 5.82 Å². The van der Waals surface area contributed by atoms with Crippen LogP contribution in [0.2, 0.25) is 5.02 Å². The van der Waals surface area contributed by atoms with E-state index < -0.39 is 5.97 Å². The van der Waals surface area contributed by atoms with Crippen molar-refractivity contribution < 1.29 is 14.3 Å². The molecule has 1 atom stereocenters. The number of hydrogen-bond acceptors (Lipinski definition) is 4. The van der Waals surface area contributed by atoms with E-state index in [1.165, 1.54) is 12.3 Å². The predicted octanol–water partition coefficient (Wildman–Crippen LogP) is 3.07. The highest BCUT2D eigenvalue weighted by Crippen LogP contribution is 2.19. The number of nitrogens with zero attached hydrogens (tertiary/aromatic N) is 1. The number of pyridine rings is 1. The topological polar surface area (TPSA) is 75.4 Å². The van der Waals surface area contributed by atoms with Gasteiger partial charge in [-0.25, -0.2) is 9.78 Å². The van der Waals surface area contributed by atoms with Gasteiger partial charge in [0.1, 0.15) is 11.6 Å². The molecular weight excluding hydrogens is 268 g/mol. The summed E-state index contributed by atoms with van der Waals surface area (Å²) < 4.78 is 5.25. The summed E-state index contributed by atoms with van der Waals surface area (Å²) >= 11 is 5.76. The molecule has 0 aliphatic heterocycles. The lowest BCUT2D eigenvalue weighted by atomic mass is 10.2. The first-order valence-corrected chi connectivity index (χ1v) is 6.12. The number of rotatable bonds is 5. The number of halogens is 1. The van der Waals surface area contributed by atoms with Crippen LogP contribution in [0.15, 0.2) is 35.1 Å². The molecule has 2 N–H and O–H groups in total. The summed E-state index contributed by atoms with van der Waals surface area (Å²) in [6.07, 6.45) is 3.62. The van der Waals surface area contributed by atoms with E-state index in [1.807, 2.05) is 19.1 Å². The number of carbonyl (C=O) groups is 1. The van der Waals surface area contributed by atoms with Crippen LogP contribution in [0.25, 0.3) is 0 Å². The minimum Gasteiger partial charge on any atom is -0.478 e. The molecule has 0 fully saturated rings. The third-order valence-corrected chi connectivity index (χ3v) is 2.87. The lowest BCUT2D eigenvalue weighted by molar-refractivity contribution is 0.0697. The average Bonchev–Trinajstić information content (AvgIpc) is 2.84. The number of nitrogens with one attached hydrogen (secondary N) is 1. The number of aromatic carboxylic acids is 1. The summed E-state index contributed by atoms with van der Waals surface area (Å²) in [6, 6.07) is 5.19. The molecule has 100 valence electrons. The Hall–Kier alpha value is -2.01. The molecule has 1 unspecified atom stereocenters. The largest absolute Gasteiger partial charge is 0.478 e. The van der Waals surface area contributed by atoms with Gasteiger partial charge in [-0.2, -0.15) is 0 Å². The molecule has 5 nitrogen and oxygen atoms in total. The van der Waals surface area contributed by atoms with Crippen LogP contribution in [-0.4, -0.2) is 22.1 Å². The molecule has 19 heavy (non-hydrogen) atoms. The zero-order chi connectivity index (χ0) is 13.8. The molecule has 2 rings (SSSR count). The molecule has 0 saturated heterocycles. The standard InChI is InChI=1S/C13H13ClN2O3/c1-8(5-9-3-2-4-19-9)16-12-6-10(13(17)18)11(14)7-15-12/h2-4,6-8H,5H2,1H3,(H,15,16)(H,17,18). The molecule has 0 radical (unpaired) electrons. The van der Waals surface area contributed by atoms with Gasteiger partial charge < -0.3 is 14.8 Å². The number of furan rings is 1. The van der Waals surface area contributed by atoms with Crippen LogP contribution in [0, 0.1) is 0 Å². The summed E-state index contributed by atoms with van der Waals surface area (Å²) in [5.41, 5.74) is 0.0318. The minimum absolute atomic E-state index is 0.0318. The highest BCUT2D eigenvalue weighted by Gasteiger charge is 2.12. The van der Waals surface area contributed by atoms with Gasteiger partial charge in [-0.1, -0.05) is 11.6 Å². The summed E-state index contributed by atoms with van der Waals surface area (Å²) in [5.74, 6) is 0.252. The minimum atomic E-state index is -1.07. The van der Waals surface area contributed by atoms with Gasteiger partial charge in [-0.05, 0) is 25.1 Å². The van der Waals surface area contributed by atoms with E-state index in [2.05, 4.69) is 10.3 Å². The van der Waals surface area contributed by atoms with Gasteiger partial charge in [0.05, 0.1) is 16.8 Å². The molecule has 6 heteroatoms. The molecule has 0 aliphatic carbocycles. The SMILES string of the molecule is CC(Cc1ccco1)Nc1cc(C(=O)O)c(Cl)cn1. The Kier molecular flexibility index (Phi) is 4.06. The Morgan fingerprint density at radius 1 is 1.63 bits per heavy atom. The molecule has 2 aromatic heterocycles. The predicted molar refractivity (Wildman–Crippen MR) is 71.7 cm³/mol. The third-order valence-electron chi connectivity index (χ3n) is 2.57. The molecule has 0 saturated carbocycles. The molecule has 0 aromatic carbocycles. The molecule has 0 aliphatic rings. The van der Waals surface area contributed by atoms with Crippen molar-refractivity contribution in [1.29, 1.82) is 0 Å². The van der Waals surface area contributed by atoms with Crippen LogP contribution in [-0.2, 0) is 6.42 Å². The van der Waals surface area contributed by atoms with Crippen molar-refractivity contribution in [3.63, 3.8) is 0 Å². The fourth-order valence-corrected chi connectivity index (χ4v) is 1.90. The molecule has 2 aromatic rings. The van der Waals surface area contributed by atoms with E-state index in [1.54, 1.807) is 6.26 Å². The van der Waals surface area contributed by atoms with Crippen molar-refractivity contribution in [3.05, 3.63) is 47.0 Å². The Morgan fingerprint density at radius 3 is 3.05 bits per heavy atom. The third kappa shape index (κ3) is 3.48. The van der Waals surface area contributed by atoms with Gasteiger partial charge in [-0.15, -0.1) is 0 Å². The van der Waals surface area contributed by atoms with Gasteiger partial charge in [0.25, 0.3) is 0 Å². The molecule has 0 spiro atoms. The van der Waals surface area contributed by atoms with Gasteiger partial charge in [0.2, 0.25) is 0 Å². The zero-order valence-corrected chi connectivity index (χ0v) is 11.0. The first-order chi connectivity index (χ1) is 9.06. The van der Waals surface area contributed by atoms with Crippen molar-refractivity contribution in [3.8, 4) is 0 Å². The first kappa shape index (κ1) is 13.4. The molecule has 0 amide bonds. The first-order valence-electron chi connectivity index (χ1n) is 5.74. The number of hydrogen-bond donors (Lipinski definition) is 2. The van der Waals surface area contributed by atoms with Crippen molar-refractivity contribution in [1.82, 2.24) is 4.98 Å². The maximum atomic E-state index is 11.0. The van der Waals surface area contributed by atoms with E-state index >= 15 is 0 Å². The summed E-state index contributed by atoms with van der Waals surface area (Å²) in [7, 11) is 0. The Balaban J connectivity index is 2.06. The average molecular weight is 281 g/mol. The second-order valence-corrected chi connectivity index (χ2v) is 4.59. The normalized spacial score (nSPS) is 12.1. The number of carboxylic acids is 1. The lowest BCUT2D eigenvalue weighted by Gasteiger charge is -2.13. The fourth-order valence-electron chi connectivity index (χ4n) is 1.72. The van der Waals surface area contributed by atoms with E-state index in [0.717, 1.165) is 5.76 Å². The monoisotopic (exact) mass is 280 g/mol. The van der Waals surface area contributed by atoms with Gasteiger partial charge >= 0.3 is 5.97 Å². The summed E-state index contributed by atoms with van der Waals surface area (Å²) in [5, 5.41) is 12.2. The summed E-state index contributed by atoms with van der Waals surface area (Å²) in [6.45, 7) is 1.96. The van der Waals surface area contributed by atoms with Crippen molar-refractivity contribution in [2.75, 3.05) is 5.32 Å².